The number of aromatic nitrogens is 2. The second-order valence-corrected chi connectivity index (χ2v) is 5.00. The number of ether oxygens (including phenoxy) is 1. The van der Waals surface area contributed by atoms with Gasteiger partial charge in [-0.05, 0) is 18.2 Å². The third-order valence-corrected chi connectivity index (χ3v) is 3.10. The number of rotatable bonds is 3. The number of benzene rings is 1. The van der Waals surface area contributed by atoms with Crippen molar-refractivity contribution in [3.63, 3.8) is 0 Å². The molecule has 1 aromatic carbocycles. The van der Waals surface area contributed by atoms with Crippen molar-refractivity contribution in [2.75, 3.05) is 12.4 Å². The zero-order valence-corrected chi connectivity index (χ0v) is 12.3. The molecule has 0 fully saturated rings. The van der Waals surface area contributed by atoms with Gasteiger partial charge < -0.3 is 10.1 Å². The number of hydrogen-bond donors (Lipinski definition) is 1. The highest BCUT2D eigenvalue weighted by Crippen LogP contribution is 2.34. The molecule has 18 heavy (non-hydrogen) atoms. The van der Waals surface area contributed by atoms with Gasteiger partial charge in [0.2, 0.25) is 11.8 Å². The number of nitrogens with one attached hydrogen (secondary N) is 1. The summed E-state index contributed by atoms with van der Waals surface area (Å²) in [6.45, 7) is 0. The molecule has 0 bridgehead atoms. The van der Waals surface area contributed by atoms with Gasteiger partial charge in [-0.2, -0.15) is 4.98 Å². The second-order valence-electron chi connectivity index (χ2n) is 3.27. The molecule has 2 aromatic rings. The highest BCUT2D eigenvalue weighted by atomic mass is 79.9. The molecule has 0 saturated carbocycles. The first kappa shape index (κ1) is 13.4. The summed E-state index contributed by atoms with van der Waals surface area (Å²) in [5.41, 5.74) is 0. The van der Waals surface area contributed by atoms with E-state index >= 15 is 0 Å². The van der Waals surface area contributed by atoms with Crippen LogP contribution in [0.15, 0.2) is 28.9 Å². The fourth-order valence-electron chi connectivity index (χ4n) is 1.20. The number of hydrogen-bond acceptors (Lipinski definition) is 4. The molecule has 94 valence electrons. The van der Waals surface area contributed by atoms with Crippen LogP contribution in [0.2, 0.25) is 10.0 Å². The minimum Gasteiger partial charge on any atom is -0.436 e. The minimum atomic E-state index is 0.246. The SMILES string of the molecule is CNc1ncc(Cl)c(Oc2cc(Br)ccc2Cl)n1. The van der Waals surface area contributed by atoms with E-state index in [2.05, 4.69) is 31.2 Å². The van der Waals surface area contributed by atoms with Gasteiger partial charge in [0.1, 0.15) is 10.8 Å². The lowest BCUT2D eigenvalue weighted by Crippen LogP contribution is -1.98. The first-order valence-electron chi connectivity index (χ1n) is 4.93. The average molecular weight is 349 g/mol. The Balaban J connectivity index is 2.36. The van der Waals surface area contributed by atoms with Crippen LogP contribution in [0.4, 0.5) is 5.95 Å². The molecule has 0 aliphatic carbocycles. The molecule has 2 rings (SSSR count). The van der Waals surface area contributed by atoms with Crippen molar-refractivity contribution in [3.05, 3.63) is 38.9 Å². The summed E-state index contributed by atoms with van der Waals surface area (Å²) in [5.74, 6) is 1.13. The lowest BCUT2D eigenvalue weighted by Gasteiger charge is -2.09. The van der Waals surface area contributed by atoms with Gasteiger partial charge in [-0.25, -0.2) is 4.98 Å². The standard InChI is InChI=1S/C11H8BrCl2N3O/c1-15-11-16-5-8(14)10(17-11)18-9-4-6(12)2-3-7(9)13/h2-5H,1H3,(H,15,16,17). The van der Waals surface area contributed by atoms with E-state index in [0.29, 0.717) is 21.7 Å². The fourth-order valence-corrected chi connectivity index (χ4v) is 1.83. The molecule has 0 amide bonds. The lowest BCUT2D eigenvalue weighted by molar-refractivity contribution is 0.462. The number of nitrogens with zero attached hydrogens (tertiary/aromatic N) is 2. The van der Waals surface area contributed by atoms with Gasteiger partial charge in [0.05, 0.1) is 11.2 Å². The van der Waals surface area contributed by atoms with E-state index in [1.165, 1.54) is 6.20 Å². The summed E-state index contributed by atoms with van der Waals surface area (Å²) in [6.07, 6.45) is 1.46. The summed E-state index contributed by atoms with van der Waals surface area (Å²) in [7, 11) is 1.71. The molecule has 1 aromatic heterocycles. The Hall–Kier alpha value is -1.04. The summed E-state index contributed by atoms with van der Waals surface area (Å²) in [6, 6.07) is 5.27. The Morgan fingerprint density at radius 2 is 2.06 bits per heavy atom. The molecular formula is C11H8BrCl2N3O. The van der Waals surface area contributed by atoms with E-state index in [0.717, 1.165) is 4.47 Å². The summed E-state index contributed by atoms with van der Waals surface area (Å²) < 4.78 is 6.43. The predicted octanol–water partition coefficient (Wildman–Crippen LogP) is 4.38. The Kier molecular flexibility index (Phi) is 4.27. The largest absolute Gasteiger partial charge is 0.436 e. The van der Waals surface area contributed by atoms with Crippen LogP contribution in [-0.4, -0.2) is 17.0 Å². The van der Waals surface area contributed by atoms with Gasteiger partial charge in [-0.1, -0.05) is 39.1 Å². The zero-order valence-electron chi connectivity index (χ0n) is 9.25. The van der Waals surface area contributed by atoms with Gasteiger partial charge in [0.15, 0.2) is 0 Å². The molecule has 1 heterocycles. The van der Waals surface area contributed by atoms with Crippen LogP contribution in [0.5, 0.6) is 11.6 Å². The molecule has 0 atom stereocenters. The fraction of sp³-hybridized carbons (Fsp3) is 0.0909. The lowest BCUT2D eigenvalue weighted by atomic mass is 10.3. The van der Waals surface area contributed by atoms with Crippen molar-refractivity contribution in [1.29, 1.82) is 0 Å². The Morgan fingerprint density at radius 1 is 1.28 bits per heavy atom. The van der Waals surface area contributed by atoms with Crippen molar-refractivity contribution in [1.82, 2.24) is 9.97 Å². The van der Waals surface area contributed by atoms with Crippen LogP contribution in [0.25, 0.3) is 0 Å². The smallest absolute Gasteiger partial charge is 0.243 e. The van der Waals surface area contributed by atoms with E-state index in [4.69, 9.17) is 27.9 Å². The van der Waals surface area contributed by atoms with Gasteiger partial charge in [0.25, 0.3) is 0 Å². The van der Waals surface area contributed by atoms with Gasteiger partial charge >= 0.3 is 0 Å². The Morgan fingerprint density at radius 3 is 2.78 bits per heavy atom. The molecule has 0 aliphatic heterocycles. The number of anilines is 1. The summed E-state index contributed by atoms with van der Waals surface area (Å²) in [5, 5.41) is 3.58. The van der Waals surface area contributed by atoms with Crippen LogP contribution < -0.4 is 10.1 Å². The van der Waals surface area contributed by atoms with Crippen LogP contribution in [-0.2, 0) is 0 Å². The molecule has 0 unspecified atom stereocenters. The highest BCUT2D eigenvalue weighted by Gasteiger charge is 2.10. The van der Waals surface area contributed by atoms with Gasteiger partial charge in [-0.15, -0.1) is 0 Å². The predicted molar refractivity (Wildman–Crippen MR) is 75.8 cm³/mol. The Bertz CT molecular complexity index is 580. The van der Waals surface area contributed by atoms with E-state index in [1.807, 2.05) is 6.07 Å². The van der Waals surface area contributed by atoms with Crippen LogP contribution in [0, 0.1) is 0 Å². The third kappa shape index (κ3) is 3.04. The van der Waals surface area contributed by atoms with Crippen LogP contribution in [0.3, 0.4) is 0 Å². The molecule has 7 heteroatoms. The maximum absolute atomic E-state index is 6.02. The van der Waals surface area contributed by atoms with Crippen LogP contribution >= 0.6 is 39.1 Å². The molecule has 0 aliphatic rings. The van der Waals surface area contributed by atoms with Crippen molar-refractivity contribution >= 4 is 45.1 Å². The zero-order chi connectivity index (χ0) is 13.1. The van der Waals surface area contributed by atoms with Crippen molar-refractivity contribution in [3.8, 4) is 11.6 Å². The third-order valence-electron chi connectivity index (χ3n) is 2.04. The molecule has 4 nitrogen and oxygen atoms in total. The molecule has 1 N–H and O–H groups in total. The van der Waals surface area contributed by atoms with Crippen molar-refractivity contribution < 1.29 is 4.74 Å². The van der Waals surface area contributed by atoms with Crippen molar-refractivity contribution in [2.24, 2.45) is 0 Å². The van der Waals surface area contributed by atoms with Crippen LogP contribution in [0.1, 0.15) is 0 Å². The molecular weight excluding hydrogens is 341 g/mol. The molecule has 0 saturated heterocycles. The summed E-state index contributed by atoms with van der Waals surface area (Å²) in [4.78, 5) is 8.07. The topological polar surface area (TPSA) is 47.0 Å². The number of halogens is 3. The first-order chi connectivity index (χ1) is 8.60. The maximum atomic E-state index is 6.02. The van der Waals surface area contributed by atoms with E-state index in [-0.39, 0.29) is 5.88 Å². The van der Waals surface area contributed by atoms with E-state index < -0.39 is 0 Å². The highest BCUT2D eigenvalue weighted by molar-refractivity contribution is 9.10. The minimum absolute atomic E-state index is 0.246. The first-order valence-corrected chi connectivity index (χ1v) is 6.48. The molecule has 0 radical (unpaired) electrons. The average Bonchev–Trinajstić information content (AvgIpc) is 2.36. The normalized spacial score (nSPS) is 10.2. The summed E-state index contributed by atoms with van der Waals surface area (Å²) >= 11 is 15.3. The van der Waals surface area contributed by atoms with Gasteiger partial charge in [0, 0.05) is 11.5 Å². The van der Waals surface area contributed by atoms with Crippen molar-refractivity contribution in [2.45, 2.75) is 0 Å². The quantitative estimate of drug-likeness (QED) is 0.894. The Labute approximate surface area is 122 Å². The monoisotopic (exact) mass is 347 g/mol. The maximum Gasteiger partial charge on any atom is 0.243 e. The van der Waals surface area contributed by atoms with E-state index in [9.17, 15) is 0 Å². The molecule has 0 spiro atoms. The van der Waals surface area contributed by atoms with E-state index in [1.54, 1.807) is 19.2 Å². The second kappa shape index (κ2) is 5.73. The van der Waals surface area contributed by atoms with Gasteiger partial charge in [-0.3, -0.25) is 0 Å².